The minimum Gasteiger partial charge on any atom is -0.379 e. The highest BCUT2D eigenvalue weighted by Gasteiger charge is 2.35. The van der Waals surface area contributed by atoms with E-state index in [9.17, 15) is 9.59 Å². The van der Waals surface area contributed by atoms with E-state index in [1.165, 1.54) is 5.56 Å². The quantitative estimate of drug-likeness (QED) is 0.584. The Labute approximate surface area is 201 Å². The smallest absolute Gasteiger partial charge is 0.247 e. The van der Waals surface area contributed by atoms with E-state index < -0.39 is 5.54 Å². The predicted molar refractivity (Wildman–Crippen MR) is 133 cm³/mol. The van der Waals surface area contributed by atoms with Crippen LogP contribution in [-0.2, 0) is 27.2 Å². The van der Waals surface area contributed by atoms with Crippen molar-refractivity contribution in [3.8, 4) is 0 Å². The minimum absolute atomic E-state index is 0.0688. The molecule has 6 heteroatoms. The maximum absolute atomic E-state index is 13.4. The Morgan fingerprint density at radius 3 is 2.74 bits per heavy atom. The first-order valence-electron chi connectivity index (χ1n) is 12.0. The lowest BCUT2D eigenvalue weighted by molar-refractivity contribution is -0.140. The normalized spacial score (nSPS) is 16.8. The molecule has 1 fully saturated rings. The van der Waals surface area contributed by atoms with Gasteiger partial charge in [0.2, 0.25) is 11.8 Å². The fourth-order valence-corrected chi connectivity index (χ4v) is 4.54. The zero-order chi connectivity index (χ0) is 24.0. The van der Waals surface area contributed by atoms with Crippen LogP contribution in [0, 0.1) is 5.92 Å². The lowest BCUT2D eigenvalue weighted by Gasteiger charge is -2.33. The summed E-state index contributed by atoms with van der Waals surface area (Å²) < 4.78 is 5.84. The van der Waals surface area contributed by atoms with Crippen molar-refractivity contribution >= 4 is 22.6 Å². The first-order chi connectivity index (χ1) is 16.4. The van der Waals surface area contributed by atoms with E-state index in [1.807, 2.05) is 47.5 Å². The molecule has 0 unspecified atom stereocenters. The Kier molecular flexibility index (Phi) is 7.58. The maximum atomic E-state index is 13.4. The first-order valence-corrected chi connectivity index (χ1v) is 12.0. The molecule has 0 aliphatic carbocycles. The molecule has 178 valence electrons. The highest BCUT2D eigenvalue weighted by molar-refractivity contribution is 5.91. The molecule has 1 saturated heterocycles. The third kappa shape index (κ3) is 6.20. The molecule has 1 atom stereocenters. The van der Waals surface area contributed by atoms with Gasteiger partial charge in [0, 0.05) is 43.2 Å². The maximum Gasteiger partial charge on any atom is 0.247 e. The van der Waals surface area contributed by atoms with Gasteiger partial charge in [-0.3, -0.25) is 14.6 Å². The fourth-order valence-electron chi connectivity index (χ4n) is 4.54. The number of carbonyl (C=O) groups is 2. The van der Waals surface area contributed by atoms with Gasteiger partial charge in [0.15, 0.2) is 0 Å². The second-order valence-electron chi connectivity index (χ2n) is 9.61. The van der Waals surface area contributed by atoms with Crippen LogP contribution in [0.2, 0.25) is 0 Å². The van der Waals surface area contributed by atoms with E-state index in [0.29, 0.717) is 39.1 Å². The number of rotatable bonds is 7. The standard InChI is InChI=1S/C28H33N3O3/c1-28(2,30-26(32)11-9-21-6-4-3-5-7-21)27(33)31-14-15-34-20-23(19-31)16-22-8-10-25-18-29-13-12-24(25)17-22/h3-8,10,12-13,17-18,23H,9,11,14-16,19-20H2,1-2H3,(H,30,32)/t23-/m1/s1. The molecule has 0 spiro atoms. The predicted octanol–water partition coefficient (Wildman–Crippen LogP) is 3.78. The average molecular weight is 460 g/mol. The molecule has 6 nitrogen and oxygen atoms in total. The molecule has 2 aromatic carbocycles. The molecular formula is C28H33N3O3. The number of carbonyl (C=O) groups excluding carboxylic acids is 2. The lowest BCUT2D eigenvalue weighted by atomic mass is 9.96. The number of hydrogen-bond donors (Lipinski definition) is 1. The molecule has 0 radical (unpaired) electrons. The van der Waals surface area contributed by atoms with Crippen LogP contribution < -0.4 is 5.32 Å². The molecule has 1 aromatic heterocycles. The summed E-state index contributed by atoms with van der Waals surface area (Å²) in [5, 5.41) is 5.23. The summed E-state index contributed by atoms with van der Waals surface area (Å²) in [6, 6.07) is 18.3. The second-order valence-corrected chi connectivity index (χ2v) is 9.61. The highest BCUT2D eigenvalue weighted by atomic mass is 16.5. The Bertz CT molecular complexity index is 1130. The van der Waals surface area contributed by atoms with Gasteiger partial charge < -0.3 is 15.0 Å². The van der Waals surface area contributed by atoms with E-state index in [4.69, 9.17) is 4.74 Å². The Morgan fingerprint density at radius 2 is 1.91 bits per heavy atom. The van der Waals surface area contributed by atoms with Gasteiger partial charge in [-0.15, -0.1) is 0 Å². The van der Waals surface area contributed by atoms with Crippen molar-refractivity contribution in [3.05, 3.63) is 78.1 Å². The largest absolute Gasteiger partial charge is 0.379 e. The average Bonchev–Trinajstić information content (AvgIpc) is 3.08. The molecule has 0 bridgehead atoms. The van der Waals surface area contributed by atoms with E-state index in [2.05, 4.69) is 28.5 Å². The number of amides is 2. The molecule has 2 heterocycles. The van der Waals surface area contributed by atoms with Crippen molar-refractivity contribution in [2.75, 3.05) is 26.3 Å². The number of aryl methyl sites for hydroxylation is 1. The topological polar surface area (TPSA) is 71.5 Å². The molecule has 1 aliphatic rings. The molecule has 3 aromatic rings. The lowest BCUT2D eigenvalue weighted by Crippen LogP contribution is -2.57. The Hall–Kier alpha value is -3.25. The number of aromatic nitrogens is 1. The number of ether oxygens (including phenoxy) is 1. The fraction of sp³-hybridized carbons (Fsp3) is 0.393. The van der Waals surface area contributed by atoms with E-state index in [0.717, 1.165) is 22.8 Å². The van der Waals surface area contributed by atoms with Crippen LogP contribution in [0.5, 0.6) is 0 Å². The molecule has 2 amide bonds. The van der Waals surface area contributed by atoms with Crippen LogP contribution in [0.3, 0.4) is 0 Å². The van der Waals surface area contributed by atoms with Crippen LogP contribution in [0.4, 0.5) is 0 Å². The highest BCUT2D eigenvalue weighted by Crippen LogP contribution is 2.20. The number of pyridine rings is 1. The van der Waals surface area contributed by atoms with E-state index in [1.54, 1.807) is 20.0 Å². The van der Waals surface area contributed by atoms with Crippen LogP contribution in [0.1, 0.15) is 31.4 Å². The van der Waals surface area contributed by atoms with Gasteiger partial charge in [0.1, 0.15) is 5.54 Å². The molecule has 1 aliphatic heterocycles. The summed E-state index contributed by atoms with van der Waals surface area (Å²) in [6.45, 7) is 5.83. The monoisotopic (exact) mass is 459 g/mol. The van der Waals surface area contributed by atoms with Crippen LogP contribution >= 0.6 is 0 Å². The van der Waals surface area contributed by atoms with Crippen LogP contribution in [-0.4, -0.2) is 53.5 Å². The van der Waals surface area contributed by atoms with Crippen molar-refractivity contribution < 1.29 is 14.3 Å². The summed E-state index contributed by atoms with van der Waals surface area (Å²) in [7, 11) is 0. The van der Waals surface area contributed by atoms with Crippen molar-refractivity contribution in [1.82, 2.24) is 15.2 Å². The number of nitrogens with one attached hydrogen (secondary N) is 1. The second kappa shape index (κ2) is 10.8. The van der Waals surface area contributed by atoms with Crippen molar-refractivity contribution in [2.24, 2.45) is 5.92 Å². The summed E-state index contributed by atoms with van der Waals surface area (Å²) in [6.07, 6.45) is 5.50. The molecule has 0 saturated carbocycles. The molecule has 4 rings (SSSR count). The first kappa shape index (κ1) is 23.9. The van der Waals surface area contributed by atoms with Gasteiger partial charge >= 0.3 is 0 Å². The van der Waals surface area contributed by atoms with Crippen molar-refractivity contribution in [3.63, 3.8) is 0 Å². The van der Waals surface area contributed by atoms with Gasteiger partial charge in [-0.1, -0.05) is 48.5 Å². The van der Waals surface area contributed by atoms with E-state index >= 15 is 0 Å². The van der Waals surface area contributed by atoms with Gasteiger partial charge in [0.05, 0.1) is 13.2 Å². The van der Waals surface area contributed by atoms with Crippen molar-refractivity contribution in [1.29, 1.82) is 0 Å². The van der Waals surface area contributed by atoms with Crippen LogP contribution in [0.25, 0.3) is 10.8 Å². The van der Waals surface area contributed by atoms with Gasteiger partial charge in [-0.05, 0) is 49.3 Å². The van der Waals surface area contributed by atoms with E-state index in [-0.39, 0.29) is 17.7 Å². The number of benzene rings is 2. The van der Waals surface area contributed by atoms with Crippen molar-refractivity contribution in [2.45, 2.75) is 38.6 Å². The number of fused-ring (bicyclic) bond motifs is 1. The SMILES string of the molecule is CC(C)(NC(=O)CCc1ccccc1)C(=O)N1CCOC[C@H](Cc2ccc3cnccc3c2)C1. The third-order valence-corrected chi connectivity index (χ3v) is 6.32. The van der Waals surface area contributed by atoms with Gasteiger partial charge in [-0.2, -0.15) is 0 Å². The zero-order valence-electron chi connectivity index (χ0n) is 20.0. The summed E-state index contributed by atoms with van der Waals surface area (Å²) in [5.74, 6) is 0.00597. The zero-order valence-corrected chi connectivity index (χ0v) is 20.0. The third-order valence-electron chi connectivity index (χ3n) is 6.32. The van der Waals surface area contributed by atoms with Gasteiger partial charge in [0.25, 0.3) is 0 Å². The Morgan fingerprint density at radius 1 is 1.09 bits per heavy atom. The Balaban J connectivity index is 1.36. The van der Waals surface area contributed by atoms with Gasteiger partial charge in [-0.25, -0.2) is 0 Å². The number of hydrogen-bond acceptors (Lipinski definition) is 4. The summed E-state index contributed by atoms with van der Waals surface area (Å²) in [4.78, 5) is 32.0. The molecular weight excluding hydrogens is 426 g/mol. The molecule has 34 heavy (non-hydrogen) atoms. The summed E-state index contributed by atoms with van der Waals surface area (Å²) >= 11 is 0. The molecule has 1 N–H and O–H groups in total. The minimum atomic E-state index is -0.974. The number of nitrogens with zero attached hydrogens (tertiary/aromatic N) is 2. The van der Waals surface area contributed by atoms with Crippen LogP contribution in [0.15, 0.2) is 67.0 Å². The summed E-state index contributed by atoms with van der Waals surface area (Å²) in [5.41, 5.74) is 1.35.